The third-order valence-corrected chi connectivity index (χ3v) is 5.04. The zero-order chi connectivity index (χ0) is 19.1. The molecular weight excluding hydrogens is 336 g/mol. The normalized spacial score (nSPS) is 16.3. The Kier molecular flexibility index (Phi) is 7.02. The summed E-state index contributed by atoms with van der Waals surface area (Å²) in [4.78, 5) is 15.2. The molecule has 1 aliphatic rings. The van der Waals surface area contributed by atoms with Gasteiger partial charge in [0.2, 0.25) is 0 Å². The van der Waals surface area contributed by atoms with Gasteiger partial charge in [-0.05, 0) is 35.6 Å². The maximum Gasteiger partial charge on any atom is 0.251 e. The van der Waals surface area contributed by atoms with E-state index in [2.05, 4.69) is 36.2 Å². The second-order valence-electron chi connectivity index (χ2n) is 7.59. The Bertz CT molecular complexity index is 724. The van der Waals surface area contributed by atoms with Crippen molar-refractivity contribution < 1.29 is 9.53 Å². The molecule has 1 fully saturated rings. The van der Waals surface area contributed by atoms with E-state index >= 15 is 0 Å². The fourth-order valence-corrected chi connectivity index (χ4v) is 3.63. The second-order valence-corrected chi connectivity index (χ2v) is 7.59. The van der Waals surface area contributed by atoms with Crippen molar-refractivity contribution >= 4 is 5.91 Å². The van der Waals surface area contributed by atoms with Gasteiger partial charge < -0.3 is 10.1 Å². The molecule has 1 amide bonds. The van der Waals surface area contributed by atoms with Crippen LogP contribution < -0.4 is 5.32 Å². The average molecular weight is 367 g/mol. The lowest BCUT2D eigenvalue weighted by Crippen LogP contribution is -2.49. The third kappa shape index (κ3) is 5.65. The van der Waals surface area contributed by atoms with E-state index < -0.39 is 0 Å². The minimum absolute atomic E-state index is 0.00482. The number of rotatable bonds is 7. The molecule has 144 valence electrons. The number of nitrogens with one attached hydrogen (secondary N) is 1. The van der Waals surface area contributed by atoms with Crippen LogP contribution in [0.1, 0.15) is 30.6 Å². The van der Waals surface area contributed by atoms with Gasteiger partial charge >= 0.3 is 0 Å². The Morgan fingerprint density at radius 1 is 1.04 bits per heavy atom. The highest BCUT2D eigenvalue weighted by Crippen LogP contribution is 2.20. The monoisotopic (exact) mass is 366 g/mol. The number of carbonyl (C=O) groups excluding carboxylic acids is 1. The van der Waals surface area contributed by atoms with Crippen LogP contribution in [0.3, 0.4) is 0 Å². The van der Waals surface area contributed by atoms with Crippen molar-refractivity contribution in [3.8, 4) is 11.1 Å². The molecule has 2 aromatic rings. The predicted molar refractivity (Wildman–Crippen MR) is 110 cm³/mol. The van der Waals surface area contributed by atoms with Gasteiger partial charge in [-0.2, -0.15) is 0 Å². The number of benzene rings is 2. The molecule has 1 aliphatic heterocycles. The largest absolute Gasteiger partial charge is 0.379 e. The molecule has 1 unspecified atom stereocenters. The zero-order valence-corrected chi connectivity index (χ0v) is 16.4. The van der Waals surface area contributed by atoms with Crippen LogP contribution in [0, 0.1) is 5.92 Å². The molecule has 1 saturated heterocycles. The topological polar surface area (TPSA) is 41.6 Å². The molecule has 4 nitrogen and oxygen atoms in total. The van der Waals surface area contributed by atoms with E-state index in [0.29, 0.717) is 24.1 Å². The van der Waals surface area contributed by atoms with Crippen molar-refractivity contribution in [1.29, 1.82) is 0 Å². The van der Waals surface area contributed by atoms with Gasteiger partial charge in [-0.25, -0.2) is 0 Å². The van der Waals surface area contributed by atoms with E-state index in [1.807, 2.05) is 42.5 Å². The average Bonchev–Trinajstić information content (AvgIpc) is 2.72. The second kappa shape index (κ2) is 9.67. The van der Waals surface area contributed by atoms with Crippen LogP contribution in [-0.2, 0) is 4.74 Å². The Labute approximate surface area is 162 Å². The lowest BCUT2D eigenvalue weighted by atomic mass is 10.0. The van der Waals surface area contributed by atoms with Crippen LogP contribution >= 0.6 is 0 Å². The molecule has 0 aromatic heterocycles. The quantitative estimate of drug-likeness (QED) is 0.810. The lowest BCUT2D eigenvalue weighted by molar-refractivity contribution is 0.0124. The minimum atomic E-state index is -0.00482. The van der Waals surface area contributed by atoms with Crippen LogP contribution in [0.2, 0.25) is 0 Å². The van der Waals surface area contributed by atoms with Crippen molar-refractivity contribution in [3.05, 3.63) is 60.2 Å². The highest BCUT2D eigenvalue weighted by molar-refractivity contribution is 5.95. The molecule has 0 saturated carbocycles. The van der Waals surface area contributed by atoms with Crippen LogP contribution in [0.25, 0.3) is 11.1 Å². The minimum Gasteiger partial charge on any atom is -0.379 e. The number of hydrogen-bond acceptors (Lipinski definition) is 3. The molecule has 27 heavy (non-hydrogen) atoms. The summed E-state index contributed by atoms with van der Waals surface area (Å²) in [7, 11) is 0. The molecular formula is C23H30N2O2. The zero-order valence-electron chi connectivity index (χ0n) is 16.4. The molecule has 4 heteroatoms. The van der Waals surface area contributed by atoms with E-state index in [9.17, 15) is 4.79 Å². The van der Waals surface area contributed by atoms with Gasteiger partial charge in [-0.15, -0.1) is 0 Å². The van der Waals surface area contributed by atoms with Gasteiger partial charge in [0.25, 0.3) is 5.91 Å². The van der Waals surface area contributed by atoms with E-state index in [0.717, 1.165) is 43.9 Å². The maximum absolute atomic E-state index is 12.7. The third-order valence-electron chi connectivity index (χ3n) is 5.04. The Hall–Kier alpha value is -2.17. The number of amides is 1. The summed E-state index contributed by atoms with van der Waals surface area (Å²) in [5.74, 6) is 0.589. The van der Waals surface area contributed by atoms with Gasteiger partial charge in [-0.1, -0.05) is 56.3 Å². The van der Waals surface area contributed by atoms with Gasteiger partial charge in [0.15, 0.2) is 0 Å². The van der Waals surface area contributed by atoms with Crippen molar-refractivity contribution in [2.24, 2.45) is 5.92 Å². The fourth-order valence-electron chi connectivity index (χ4n) is 3.63. The molecule has 2 aromatic carbocycles. The molecule has 3 rings (SSSR count). The first-order valence-corrected chi connectivity index (χ1v) is 9.89. The smallest absolute Gasteiger partial charge is 0.251 e. The number of carbonyl (C=O) groups is 1. The lowest BCUT2D eigenvalue weighted by Gasteiger charge is -2.35. The first kappa shape index (κ1) is 19.6. The maximum atomic E-state index is 12.7. The summed E-state index contributed by atoms with van der Waals surface area (Å²) in [5.41, 5.74) is 2.90. The number of morpholine rings is 1. The fraction of sp³-hybridized carbons (Fsp3) is 0.435. The number of hydrogen-bond donors (Lipinski definition) is 1. The van der Waals surface area contributed by atoms with Gasteiger partial charge in [0.05, 0.1) is 13.2 Å². The molecule has 1 heterocycles. The van der Waals surface area contributed by atoms with Crippen LogP contribution in [0.5, 0.6) is 0 Å². The van der Waals surface area contributed by atoms with Crippen molar-refractivity contribution in [3.63, 3.8) is 0 Å². The molecule has 1 atom stereocenters. The van der Waals surface area contributed by atoms with Gasteiger partial charge in [0.1, 0.15) is 0 Å². The Balaban J connectivity index is 1.65. The van der Waals surface area contributed by atoms with E-state index in [1.165, 1.54) is 0 Å². The summed E-state index contributed by atoms with van der Waals surface area (Å²) >= 11 is 0. The van der Waals surface area contributed by atoms with Crippen LogP contribution in [0.15, 0.2) is 54.6 Å². The summed E-state index contributed by atoms with van der Waals surface area (Å²) in [6.07, 6.45) is 1.07. The van der Waals surface area contributed by atoms with Gasteiger partial charge in [0, 0.05) is 31.2 Å². The van der Waals surface area contributed by atoms with Crippen LogP contribution in [0.4, 0.5) is 0 Å². The molecule has 0 bridgehead atoms. The van der Waals surface area contributed by atoms with Crippen molar-refractivity contribution in [2.75, 3.05) is 32.8 Å². The number of ether oxygens (including phenoxy) is 1. The Morgan fingerprint density at radius 2 is 1.74 bits per heavy atom. The van der Waals surface area contributed by atoms with E-state index in [4.69, 9.17) is 4.74 Å². The SMILES string of the molecule is CC(C)CC(CNC(=O)c1cccc(-c2ccccc2)c1)N1CCOCC1. The summed E-state index contributed by atoms with van der Waals surface area (Å²) in [6.45, 7) is 8.58. The standard InChI is InChI=1S/C23H30N2O2/c1-18(2)15-22(25-11-13-27-14-12-25)17-24-23(26)21-10-6-9-20(16-21)19-7-4-3-5-8-19/h3-10,16,18,22H,11-15,17H2,1-2H3,(H,24,26). The highest BCUT2D eigenvalue weighted by atomic mass is 16.5. The first-order chi connectivity index (χ1) is 13.1. The predicted octanol–water partition coefficient (Wildman–Crippen LogP) is 3.83. The van der Waals surface area contributed by atoms with Gasteiger partial charge in [-0.3, -0.25) is 9.69 Å². The van der Waals surface area contributed by atoms with Crippen molar-refractivity contribution in [2.45, 2.75) is 26.3 Å². The Morgan fingerprint density at radius 3 is 2.44 bits per heavy atom. The first-order valence-electron chi connectivity index (χ1n) is 9.89. The van der Waals surface area contributed by atoms with Crippen molar-refractivity contribution in [1.82, 2.24) is 10.2 Å². The van der Waals surface area contributed by atoms with E-state index in [-0.39, 0.29) is 5.91 Å². The van der Waals surface area contributed by atoms with E-state index in [1.54, 1.807) is 0 Å². The summed E-state index contributed by atoms with van der Waals surface area (Å²) < 4.78 is 5.48. The summed E-state index contributed by atoms with van der Waals surface area (Å²) in [6, 6.07) is 18.4. The molecule has 0 radical (unpaired) electrons. The number of nitrogens with zero attached hydrogens (tertiary/aromatic N) is 1. The highest BCUT2D eigenvalue weighted by Gasteiger charge is 2.22. The molecule has 0 spiro atoms. The molecule has 1 N–H and O–H groups in total. The van der Waals surface area contributed by atoms with Crippen LogP contribution in [-0.4, -0.2) is 49.7 Å². The molecule has 0 aliphatic carbocycles. The summed E-state index contributed by atoms with van der Waals surface area (Å²) in [5, 5.41) is 3.16.